The van der Waals surface area contributed by atoms with Crippen LogP contribution in [0.3, 0.4) is 0 Å². The van der Waals surface area contributed by atoms with E-state index in [2.05, 4.69) is 17.1 Å². The number of nitrogens with one attached hydrogen (secondary N) is 1. The van der Waals surface area contributed by atoms with Crippen molar-refractivity contribution in [3.8, 4) is 0 Å². The molecule has 0 aromatic carbocycles. The van der Waals surface area contributed by atoms with Gasteiger partial charge in [0.25, 0.3) is 0 Å². The predicted molar refractivity (Wildman–Crippen MR) is 67.6 cm³/mol. The zero-order valence-corrected chi connectivity index (χ0v) is 10.8. The average molecular weight is 236 g/mol. The van der Waals surface area contributed by atoms with Crippen LogP contribution < -0.4 is 5.32 Å². The van der Waals surface area contributed by atoms with Gasteiger partial charge in [-0.2, -0.15) is 0 Å². The summed E-state index contributed by atoms with van der Waals surface area (Å²) in [7, 11) is 0. The van der Waals surface area contributed by atoms with Gasteiger partial charge in [-0.25, -0.2) is 0 Å². The zero-order valence-electron chi connectivity index (χ0n) is 10.8. The molecule has 0 aromatic rings. The Labute approximate surface area is 104 Å². The molecule has 1 amide bonds. The largest absolute Gasteiger partial charge is 0.334 e. The van der Waals surface area contributed by atoms with Gasteiger partial charge in [-0.3, -0.25) is 4.79 Å². The molecule has 3 rings (SSSR count). The number of piperazine rings is 1. The Kier molecular flexibility index (Phi) is 3.12. The van der Waals surface area contributed by atoms with Crippen molar-refractivity contribution >= 4 is 5.91 Å². The summed E-state index contributed by atoms with van der Waals surface area (Å²) in [5.74, 6) is 1.65. The molecule has 1 saturated carbocycles. The van der Waals surface area contributed by atoms with Gasteiger partial charge in [-0.15, -0.1) is 0 Å². The lowest BCUT2D eigenvalue weighted by atomic mass is 9.82. The molecule has 0 aromatic heterocycles. The highest BCUT2D eigenvalue weighted by Crippen LogP contribution is 2.34. The number of amides is 1. The van der Waals surface area contributed by atoms with Crippen molar-refractivity contribution in [1.82, 2.24) is 10.2 Å². The summed E-state index contributed by atoms with van der Waals surface area (Å²) in [6.07, 6.45) is 7.18. The molecule has 2 saturated heterocycles. The zero-order chi connectivity index (χ0) is 11.8. The molecule has 3 heteroatoms. The number of carbonyl (C=O) groups excluding carboxylic acids is 1. The quantitative estimate of drug-likeness (QED) is 0.752. The van der Waals surface area contributed by atoms with Gasteiger partial charge in [0.1, 0.15) is 0 Å². The van der Waals surface area contributed by atoms with E-state index in [0.717, 1.165) is 31.8 Å². The van der Waals surface area contributed by atoms with Crippen molar-refractivity contribution in [2.24, 2.45) is 11.8 Å². The molecule has 2 aliphatic heterocycles. The minimum Gasteiger partial charge on any atom is -0.334 e. The number of carbonyl (C=O) groups is 1. The van der Waals surface area contributed by atoms with Gasteiger partial charge in [0.05, 0.1) is 0 Å². The summed E-state index contributed by atoms with van der Waals surface area (Å²) in [6, 6.07) is 1.00. The summed E-state index contributed by atoms with van der Waals surface area (Å²) < 4.78 is 0. The maximum Gasteiger partial charge on any atom is 0.226 e. The average Bonchev–Trinajstić information content (AvgIpc) is 2.59. The molecule has 0 spiro atoms. The van der Waals surface area contributed by atoms with Crippen molar-refractivity contribution in [1.29, 1.82) is 0 Å². The first kappa shape index (κ1) is 11.5. The highest BCUT2D eigenvalue weighted by atomic mass is 16.2. The molecular weight excluding hydrogens is 212 g/mol. The van der Waals surface area contributed by atoms with Crippen LogP contribution in [0.1, 0.15) is 45.4 Å². The molecule has 96 valence electrons. The minimum absolute atomic E-state index is 0.340. The summed E-state index contributed by atoms with van der Waals surface area (Å²) in [5.41, 5.74) is 0. The molecule has 3 aliphatic rings. The van der Waals surface area contributed by atoms with E-state index in [1.807, 2.05) is 0 Å². The van der Waals surface area contributed by atoms with Gasteiger partial charge in [0, 0.05) is 31.1 Å². The Morgan fingerprint density at radius 1 is 1.00 bits per heavy atom. The van der Waals surface area contributed by atoms with E-state index in [0.29, 0.717) is 23.9 Å². The van der Waals surface area contributed by atoms with Crippen LogP contribution in [0.15, 0.2) is 0 Å². The molecule has 1 N–H and O–H groups in total. The third-order valence-corrected chi connectivity index (χ3v) is 5.00. The predicted octanol–water partition coefficient (Wildman–Crippen LogP) is 1.78. The van der Waals surface area contributed by atoms with Crippen LogP contribution >= 0.6 is 0 Å². The topological polar surface area (TPSA) is 32.3 Å². The summed E-state index contributed by atoms with van der Waals surface area (Å²) in [4.78, 5) is 14.9. The summed E-state index contributed by atoms with van der Waals surface area (Å²) >= 11 is 0. The van der Waals surface area contributed by atoms with E-state index in [4.69, 9.17) is 0 Å². The fraction of sp³-hybridized carbons (Fsp3) is 0.929. The van der Waals surface area contributed by atoms with Crippen LogP contribution in [-0.2, 0) is 4.79 Å². The van der Waals surface area contributed by atoms with Gasteiger partial charge in [0.15, 0.2) is 0 Å². The lowest BCUT2D eigenvalue weighted by molar-refractivity contribution is -0.140. The number of fused-ring (bicyclic) bond motifs is 2. The molecule has 2 unspecified atom stereocenters. The van der Waals surface area contributed by atoms with Crippen LogP contribution in [0.4, 0.5) is 0 Å². The Morgan fingerprint density at radius 2 is 1.59 bits per heavy atom. The van der Waals surface area contributed by atoms with Crippen molar-refractivity contribution in [2.75, 3.05) is 13.1 Å². The SMILES string of the molecule is CC1CCC(C(=O)N2C3CCC2CNC3)CC1. The van der Waals surface area contributed by atoms with Gasteiger partial charge >= 0.3 is 0 Å². The number of hydrogen-bond donors (Lipinski definition) is 1. The van der Waals surface area contributed by atoms with Gasteiger partial charge in [-0.05, 0) is 44.4 Å². The molecule has 2 heterocycles. The Bertz CT molecular complexity index is 281. The third-order valence-electron chi connectivity index (χ3n) is 5.00. The molecule has 0 radical (unpaired) electrons. The number of nitrogens with zero attached hydrogens (tertiary/aromatic N) is 1. The third kappa shape index (κ3) is 2.10. The first-order valence-electron chi connectivity index (χ1n) is 7.28. The molecule has 3 nitrogen and oxygen atoms in total. The highest BCUT2D eigenvalue weighted by Gasteiger charge is 2.41. The van der Waals surface area contributed by atoms with E-state index >= 15 is 0 Å². The maximum absolute atomic E-state index is 12.6. The van der Waals surface area contributed by atoms with E-state index in [-0.39, 0.29) is 0 Å². The highest BCUT2D eigenvalue weighted by molar-refractivity contribution is 5.80. The molecule has 2 atom stereocenters. The minimum atomic E-state index is 0.340. The molecular formula is C14H24N2O. The Hall–Kier alpha value is -0.570. The summed E-state index contributed by atoms with van der Waals surface area (Å²) in [5, 5.41) is 3.45. The lowest BCUT2D eigenvalue weighted by Crippen LogP contribution is -2.55. The van der Waals surface area contributed by atoms with Crippen molar-refractivity contribution in [3.05, 3.63) is 0 Å². The van der Waals surface area contributed by atoms with Crippen LogP contribution in [0, 0.1) is 11.8 Å². The fourth-order valence-corrected chi connectivity index (χ4v) is 3.86. The van der Waals surface area contributed by atoms with Crippen molar-refractivity contribution in [2.45, 2.75) is 57.5 Å². The standard InChI is InChI=1S/C14H24N2O/c1-10-2-4-11(5-3-10)14(17)16-12-6-7-13(16)9-15-8-12/h10-13,15H,2-9H2,1H3. The normalized spacial score (nSPS) is 41.6. The second kappa shape index (κ2) is 4.60. The van der Waals surface area contributed by atoms with Crippen molar-refractivity contribution in [3.63, 3.8) is 0 Å². The smallest absolute Gasteiger partial charge is 0.226 e. The van der Waals surface area contributed by atoms with E-state index in [1.165, 1.54) is 25.7 Å². The monoisotopic (exact) mass is 236 g/mol. The molecule has 1 aliphatic carbocycles. The summed E-state index contributed by atoms with van der Waals surface area (Å²) in [6.45, 7) is 4.35. The Morgan fingerprint density at radius 3 is 2.18 bits per heavy atom. The Balaban J connectivity index is 1.66. The molecule has 17 heavy (non-hydrogen) atoms. The van der Waals surface area contributed by atoms with Gasteiger partial charge in [-0.1, -0.05) is 6.92 Å². The second-order valence-corrected chi connectivity index (χ2v) is 6.25. The fourth-order valence-electron chi connectivity index (χ4n) is 3.86. The first-order valence-corrected chi connectivity index (χ1v) is 7.28. The van der Waals surface area contributed by atoms with Gasteiger partial charge < -0.3 is 10.2 Å². The molecule has 3 fully saturated rings. The first-order chi connectivity index (χ1) is 8.25. The van der Waals surface area contributed by atoms with Crippen LogP contribution in [0.2, 0.25) is 0 Å². The molecule has 2 bridgehead atoms. The number of hydrogen-bond acceptors (Lipinski definition) is 2. The van der Waals surface area contributed by atoms with Crippen LogP contribution in [0.5, 0.6) is 0 Å². The van der Waals surface area contributed by atoms with E-state index in [9.17, 15) is 4.79 Å². The van der Waals surface area contributed by atoms with E-state index < -0.39 is 0 Å². The van der Waals surface area contributed by atoms with E-state index in [1.54, 1.807) is 0 Å². The van der Waals surface area contributed by atoms with Crippen molar-refractivity contribution < 1.29 is 4.79 Å². The van der Waals surface area contributed by atoms with Crippen LogP contribution in [-0.4, -0.2) is 36.0 Å². The lowest BCUT2D eigenvalue weighted by Gasteiger charge is -2.39. The van der Waals surface area contributed by atoms with Crippen LogP contribution in [0.25, 0.3) is 0 Å². The maximum atomic E-state index is 12.6. The second-order valence-electron chi connectivity index (χ2n) is 6.25. The van der Waals surface area contributed by atoms with Gasteiger partial charge in [0.2, 0.25) is 5.91 Å². The number of rotatable bonds is 1.